The highest BCUT2D eigenvalue weighted by molar-refractivity contribution is 5.96. The fourth-order valence-corrected chi connectivity index (χ4v) is 9.07. The molecule has 0 aliphatic heterocycles. The summed E-state index contributed by atoms with van der Waals surface area (Å²) in [6.45, 7) is 11.8. The van der Waals surface area contributed by atoms with Gasteiger partial charge < -0.3 is 14.3 Å². The van der Waals surface area contributed by atoms with Gasteiger partial charge in [-0.25, -0.2) is 0 Å². The van der Waals surface area contributed by atoms with E-state index < -0.39 is 27.9 Å². The predicted octanol–water partition coefficient (Wildman–Crippen LogP) is 4.60. The number of hydrogen-bond donors (Lipinski definition) is 1. The van der Waals surface area contributed by atoms with Gasteiger partial charge in [0.15, 0.2) is 17.2 Å². The van der Waals surface area contributed by atoms with E-state index in [1.54, 1.807) is 12.1 Å². The lowest BCUT2D eigenvalue weighted by Crippen LogP contribution is -2.67. The Hall–Kier alpha value is -2.21. The number of esters is 1. The lowest BCUT2D eigenvalue weighted by atomic mass is 9.37. The van der Waals surface area contributed by atoms with Crippen LogP contribution in [0.4, 0.5) is 0 Å². The van der Waals surface area contributed by atoms with Crippen LogP contribution in [0.15, 0.2) is 35.2 Å². The number of carbonyl (C=O) groups is 3. The molecule has 4 aliphatic rings. The van der Waals surface area contributed by atoms with E-state index in [4.69, 9.17) is 9.15 Å². The molecule has 0 saturated heterocycles. The van der Waals surface area contributed by atoms with E-state index in [9.17, 15) is 19.5 Å². The van der Waals surface area contributed by atoms with Crippen LogP contribution in [0.2, 0.25) is 0 Å². The van der Waals surface area contributed by atoms with Crippen molar-refractivity contribution in [1.82, 2.24) is 0 Å². The van der Waals surface area contributed by atoms with Gasteiger partial charge in [0.1, 0.15) is 6.10 Å². The van der Waals surface area contributed by atoms with E-state index in [0.717, 1.165) is 6.42 Å². The number of ketones is 2. The minimum atomic E-state index is -1.64. The zero-order valence-electron chi connectivity index (χ0n) is 21.0. The number of fused-ring (bicyclic) bond motifs is 5. The first-order valence-electron chi connectivity index (χ1n) is 12.4. The molecule has 1 aromatic rings. The Kier molecular flexibility index (Phi) is 4.80. The second kappa shape index (κ2) is 6.93. The summed E-state index contributed by atoms with van der Waals surface area (Å²) in [5, 5.41) is 12.0. The first-order chi connectivity index (χ1) is 15.7. The zero-order valence-corrected chi connectivity index (χ0v) is 21.0. The van der Waals surface area contributed by atoms with Crippen LogP contribution in [-0.2, 0) is 24.7 Å². The molecule has 0 radical (unpaired) electrons. The van der Waals surface area contributed by atoms with Crippen molar-refractivity contribution < 1.29 is 28.6 Å². The second-order valence-electron chi connectivity index (χ2n) is 12.4. The summed E-state index contributed by atoms with van der Waals surface area (Å²) in [7, 11) is 0. The molecule has 1 heterocycles. The standard InChI is InChI=1S/C28H36O6/c1-16(29)34-23-14-19-24(2,3)21(30)8-10-25(19,4)18-7-11-26(5)20(27(18,23)6)13-22(31)28(26,32)17-9-12-33-15-17/h8-10,12,15,18-20,23,32H,7,11,13-14H2,1-6H3/t18?,19?,20?,23-,25-,26-,27-,28-/m1/s1. The summed E-state index contributed by atoms with van der Waals surface area (Å²) < 4.78 is 11.3. The lowest BCUT2D eigenvalue weighted by molar-refractivity contribution is -0.237. The fourth-order valence-electron chi connectivity index (χ4n) is 9.07. The van der Waals surface area contributed by atoms with Crippen LogP contribution < -0.4 is 0 Å². The van der Waals surface area contributed by atoms with Crippen molar-refractivity contribution in [3.63, 3.8) is 0 Å². The monoisotopic (exact) mass is 468 g/mol. The molecule has 5 rings (SSSR count). The van der Waals surface area contributed by atoms with Crippen molar-refractivity contribution in [2.24, 2.45) is 39.4 Å². The van der Waals surface area contributed by atoms with Gasteiger partial charge in [-0.1, -0.05) is 40.7 Å². The van der Waals surface area contributed by atoms with Gasteiger partial charge in [-0.15, -0.1) is 0 Å². The third-order valence-corrected chi connectivity index (χ3v) is 10.8. The van der Waals surface area contributed by atoms with Gasteiger partial charge in [-0.3, -0.25) is 14.4 Å². The number of ether oxygens (including phenoxy) is 1. The van der Waals surface area contributed by atoms with Crippen molar-refractivity contribution in [2.75, 3.05) is 0 Å². The predicted molar refractivity (Wildman–Crippen MR) is 124 cm³/mol. The normalized spacial score (nSPS) is 47.0. The quantitative estimate of drug-likeness (QED) is 0.638. The molecule has 1 aromatic heterocycles. The Morgan fingerprint density at radius 2 is 1.82 bits per heavy atom. The first-order valence-corrected chi connectivity index (χ1v) is 12.4. The summed E-state index contributed by atoms with van der Waals surface area (Å²) in [5.74, 6) is -0.551. The summed E-state index contributed by atoms with van der Waals surface area (Å²) in [5.41, 5.74) is -3.29. The van der Waals surface area contributed by atoms with Crippen LogP contribution in [-0.4, -0.2) is 28.7 Å². The topological polar surface area (TPSA) is 93.8 Å². The van der Waals surface area contributed by atoms with Gasteiger partial charge >= 0.3 is 5.97 Å². The van der Waals surface area contributed by atoms with Crippen LogP contribution in [0.5, 0.6) is 0 Å². The molecule has 184 valence electrons. The van der Waals surface area contributed by atoms with Crippen molar-refractivity contribution in [2.45, 2.75) is 78.9 Å². The summed E-state index contributed by atoms with van der Waals surface area (Å²) in [4.78, 5) is 38.8. The third-order valence-electron chi connectivity index (χ3n) is 10.8. The van der Waals surface area contributed by atoms with Crippen LogP contribution in [0.1, 0.15) is 72.8 Å². The van der Waals surface area contributed by atoms with Crippen molar-refractivity contribution in [3.8, 4) is 0 Å². The molecular formula is C28H36O6. The number of allylic oxidation sites excluding steroid dienone is 2. The molecule has 3 unspecified atom stereocenters. The van der Waals surface area contributed by atoms with Crippen molar-refractivity contribution >= 4 is 17.5 Å². The minimum Gasteiger partial charge on any atom is -0.472 e. The number of furan rings is 1. The molecule has 3 saturated carbocycles. The Bertz CT molecular complexity index is 1080. The number of Topliss-reactive ketones (excluding diaryl/α,β-unsaturated/α-hetero) is 1. The van der Waals surface area contributed by atoms with E-state index in [1.165, 1.54) is 19.5 Å². The van der Waals surface area contributed by atoms with Gasteiger partial charge in [-0.05, 0) is 54.6 Å². The average molecular weight is 469 g/mol. The molecule has 3 fully saturated rings. The Balaban J connectivity index is 1.69. The maximum Gasteiger partial charge on any atom is 0.302 e. The van der Waals surface area contributed by atoms with Crippen LogP contribution in [0.3, 0.4) is 0 Å². The van der Waals surface area contributed by atoms with E-state index in [2.05, 4.69) is 19.9 Å². The molecule has 6 heteroatoms. The van der Waals surface area contributed by atoms with Gasteiger partial charge in [0.05, 0.1) is 12.5 Å². The van der Waals surface area contributed by atoms with Crippen molar-refractivity contribution in [1.29, 1.82) is 0 Å². The molecule has 8 atom stereocenters. The van der Waals surface area contributed by atoms with Gasteiger partial charge in [-0.2, -0.15) is 0 Å². The largest absolute Gasteiger partial charge is 0.472 e. The molecule has 0 bridgehead atoms. The van der Waals surface area contributed by atoms with E-state index in [1.807, 2.05) is 20.8 Å². The minimum absolute atomic E-state index is 0.00847. The highest BCUT2D eigenvalue weighted by atomic mass is 16.5. The van der Waals surface area contributed by atoms with Crippen LogP contribution >= 0.6 is 0 Å². The van der Waals surface area contributed by atoms with Gasteiger partial charge in [0.25, 0.3) is 0 Å². The molecule has 0 amide bonds. The van der Waals surface area contributed by atoms with E-state index in [-0.39, 0.29) is 47.1 Å². The van der Waals surface area contributed by atoms with Crippen LogP contribution in [0, 0.1) is 39.4 Å². The van der Waals surface area contributed by atoms with E-state index in [0.29, 0.717) is 18.4 Å². The molecule has 0 spiro atoms. The molecule has 4 aliphatic carbocycles. The molecule has 6 nitrogen and oxygen atoms in total. The maximum absolute atomic E-state index is 13.6. The number of carbonyl (C=O) groups excluding carboxylic acids is 3. The fraction of sp³-hybridized carbons (Fsp3) is 0.679. The first kappa shape index (κ1) is 23.5. The Labute approximate surface area is 201 Å². The van der Waals surface area contributed by atoms with Gasteiger partial charge in [0.2, 0.25) is 0 Å². The number of aliphatic hydroxyl groups is 1. The summed E-state index contributed by atoms with van der Waals surface area (Å²) in [6, 6.07) is 1.68. The maximum atomic E-state index is 13.6. The Morgan fingerprint density at radius 1 is 1.12 bits per heavy atom. The van der Waals surface area contributed by atoms with Crippen LogP contribution in [0.25, 0.3) is 0 Å². The van der Waals surface area contributed by atoms with Crippen molar-refractivity contribution in [3.05, 3.63) is 36.3 Å². The summed E-state index contributed by atoms with van der Waals surface area (Å²) in [6.07, 6.45) is 8.52. The highest BCUT2D eigenvalue weighted by Crippen LogP contribution is 2.74. The molecule has 0 aromatic carbocycles. The summed E-state index contributed by atoms with van der Waals surface area (Å²) >= 11 is 0. The van der Waals surface area contributed by atoms with E-state index >= 15 is 0 Å². The zero-order chi connectivity index (χ0) is 24.9. The Morgan fingerprint density at radius 3 is 2.44 bits per heavy atom. The second-order valence-corrected chi connectivity index (χ2v) is 12.4. The average Bonchev–Trinajstić information content (AvgIpc) is 3.35. The van der Waals surface area contributed by atoms with Gasteiger partial charge in [0, 0.05) is 35.2 Å². The molecule has 1 N–H and O–H groups in total. The molecular weight excluding hydrogens is 432 g/mol. The number of hydrogen-bond acceptors (Lipinski definition) is 6. The number of rotatable bonds is 2. The highest BCUT2D eigenvalue weighted by Gasteiger charge is 2.75. The molecule has 34 heavy (non-hydrogen) atoms. The smallest absolute Gasteiger partial charge is 0.302 e. The SMILES string of the molecule is CC(=O)O[C@@H]1CC2C(C)(C)C(=O)C=C[C@]2(C)C2CC[C@]3(C)C(CC(=O)[C@]3(O)c3ccoc3)[C@@]21C. The lowest BCUT2D eigenvalue weighted by Gasteiger charge is -2.68. The third kappa shape index (κ3) is 2.58.